The van der Waals surface area contributed by atoms with Crippen molar-refractivity contribution in [1.29, 1.82) is 0 Å². The van der Waals surface area contributed by atoms with E-state index in [1.165, 1.54) is 5.57 Å². The summed E-state index contributed by atoms with van der Waals surface area (Å²) >= 11 is 0. The van der Waals surface area contributed by atoms with E-state index in [1.54, 1.807) is 0 Å². The second-order valence-electron chi connectivity index (χ2n) is 3.89. The molecule has 1 aliphatic carbocycles. The van der Waals surface area contributed by atoms with Crippen LogP contribution in [-0.2, 0) is 0 Å². The van der Waals surface area contributed by atoms with Gasteiger partial charge in [0, 0.05) is 11.8 Å². The highest BCUT2D eigenvalue weighted by molar-refractivity contribution is 5.09. The Kier molecular flexibility index (Phi) is 2.91. The highest BCUT2D eigenvalue weighted by Crippen LogP contribution is 2.27. The predicted molar refractivity (Wildman–Crippen MR) is 48.7 cm³/mol. The summed E-state index contributed by atoms with van der Waals surface area (Å²) in [5, 5.41) is 19.3. The molecule has 70 valence electrons. The maximum Gasteiger partial charge on any atom is 0.0652 e. The lowest BCUT2D eigenvalue weighted by molar-refractivity contribution is 0.00855. The van der Waals surface area contributed by atoms with Gasteiger partial charge in [-0.25, -0.2) is 0 Å². The largest absolute Gasteiger partial charge is 0.392 e. The van der Waals surface area contributed by atoms with Crippen molar-refractivity contribution in [3.63, 3.8) is 0 Å². The summed E-state index contributed by atoms with van der Waals surface area (Å²) in [5.41, 5.74) is 1.19. The predicted octanol–water partition coefficient (Wildman–Crippen LogP) is 1.33. The van der Waals surface area contributed by atoms with Gasteiger partial charge in [-0.3, -0.25) is 0 Å². The topological polar surface area (TPSA) is 40.5 Å². The van der Waals surface area contributed by atoms with Gasteiger partial charge >= 0.3 is 0 Å². The van der Waals surface area contributed by atoms with Gasteiger partial charge in [0.15, 0.2) is 0 Å². The third-order valence-corrected chi connectivity index (χ3v) is 3.06. The fourth-order valence-electron chi connectivity index (χ4n) is 1.66. The Hall–Kier alpha value is -0.340. The molecule has 12 heavy (non-hydrogen) atoms. The van der Waals surface area contributed by atoms with Gasteiger partial charge in [0.05, 0.1) is 12.2 Å². The monoisotopic (exact) mass is 170 g/mol. The van der Waals surface area contributed by atoms with Crippen LogP contribution in [0.3, 0.4) is 0 Å². The molecule has 0 saturated heterocycles. The van der Waals surface area contributed by atoms with E-state index >= 15 is 0 Å². The molecule has 0 radical (unpaired) electrons. The number of aliphatic hydroxyl groups excluding tert-OH is 2. The molecule has 2 heteroatoms. The number of aliphatic hydroxyl groups is 2. The molecule has 0 aliphatic heterocycles. The minimum Gasteiger partial charge on any atom is -0.392 e. The Morgan fingerprint density at radius 1 is 1.33 bits per heavy atom. The second kappa shape index (κ2) is 3.58. The lowest BCUT2D eigenvalue weighted by atomic mass is 9.88. The van der Waals surface area contributed by atoms with Gasteiger partial charge in [-0.15, -0.1) is 0 Å². The average Bonchev–Trinajstić information content (AvgIpc) is 2.14. The first kappa shape index (κ1) is 9.75. The highest BCUT2D eigenvalue weighted by atomic mass is 16.3. The van der Waals surface area contributed by atoms with Crippen LogP contribution >= 0.6 is 0 Å². The first-order valence-corrected chi connectivity index (χ1v) is 4.56. The normalized spacial score (nSPS) is 43.6. The Morgan fingerprint density at radius 2 is 1.92 bits per heavy atom. The van der Waals surface area contributed by atoms with E-state index < -0.39 is 6.10 Å². The molecule has 1 rings (SSSR count). The summed E-state index contributed by atoms with van der Waals surface area (Å²) < 4.78 is 0. The van der Waals surface area contributed by atoms with Gasteiger partial charge in [-0.1, -0.05) is 25.5 Å². The van der Waals surface area contributed by atoms with Crippen LogP contribution < -0.4 is 0 Å². The first-order valence-electron chi connectivity index (χ1n) is 4.56. The van der Waals surface area contributed by atoms with Crippen molar-refractivity contribution < 1.29 is 10.2 Å². The molecule has 0 aromatic carbocycles. The smallest absolute Gasteiger partial charge is 0.0652 e. The molecule has 0 bridgehead atoms. The molecule has 1 aliphatic rings. The van der Waals surface area contributed by atoms with Crippen LogP contribution in [0.5, 0.6) is 0 Å². The number of hydrogen-bond acceptors (Lipinski definition) is 2. The fourth-order valence-corrected chi connectivity index (χ4v) is 1.66. The van der Waals surface area contributed by atoms with Crippen molar-refractivity contribution in [2.45, 2.75) is 39.4 Å². The molecule has 0 aromatic rings. The van der Waals surface area contributed by atoms with Crippen molar-refractivity contribution >= 4 is 0 Å². The zero-order valence-corrected chi connectivity index (χ0v) is 7.99. The van der Waals surface area contributed by atoms with Crippen molar-refractivity contribution in [3.8, 4) is 0 Å². The molecule has 0 saturated carbocycles. The highest BCUT2D eigenvalue weighted by Gasteiger charge is 2.29. The maximum atomic E-state index is 9.77. The summed E-state index contributed by atoms with van der Waals surface area (Å²) in [6.45, 7) is 5.92. The van der Waals surface area contributed by atoms with Crippen molar-refractivity contribution in [2.24, 2.45) is 11.8 Å². The van der Waals surface area contributed by atoms with Crippen molar-refractivity contribution in [1.82, 2.24) is 0 Å². The Labute approximate surface area is 73.9 Å². The van der Waals surface area contributed by atoms with Crippen LogP contribution in [0, 0.1) is 11.8 Å². The van der Waals surface area contributed by atoms with Crippen LogP contribution in [0.2, 0.25) is 0 Å². The van der Waals surface area contributed by atoms with Gasteiger partial charge in [0.2, 0.25) is 0 Å². The minimum atomic E-state index is -0.404. The van der Waals surface area contributed by atoms with Crippen LogP contribution in [-0.4, -0.2) is 22.4 Å². The van der Waals surface area contributed by atoms with Gasteiger partial charge in [-0.2, -0.15) is 0 Å². The average molecular weight is 170 g/mol. The van der Waals surface area contributed by atoms with E-state index in [-0.39, 0.29) is 17.9 Å². The van der Waals surface area contributed by atoms with E-state index in [2.05, 4.69) is 0 Å². The molecule has 0 amide bonds. The van der Waals surface area contributed by atoms with Gasteiger partial charge in [0.1, 0.15) is 0 Å². The van der Waals surface area contributed by atoms with Gasteiger partial charge < -0.3 is 10.2 Å². The van der Waals surface area contributed by atoms with Crippen LogP contribution in [0.1, 0.15) is 27.2 Å². The minimum absolute atomic E-state index is 0.0197. The van der Waals surface area contributed by atoms with Gasteiger partial charge in [0.25, 0.3) is 0 Å². The van der Waals surface area contributed by atoms with E-state index in [1.807, 2.05) is 26.8 Å². The lowest BCUT2D eigenvalue weighted by Crippen LogP contribution is -2.32. The van der Waals surface area contributed by atoms with E-state index in [4.69, 9.17) is 0 Å². The van der Waals surface area contributed by atoms with Crippen molar-refractivity contribution in [3.05, 3.63) is 11.6 Å². The summed E-state index contributed by atoms with van der Waals surface area (Å²) in [6, 6.07) is 0. The molecule has 0 unspecified atom stereocenters. The molecule has 4 atom stereocenters. The van der Waals surface area contributed by atoms with E-state index in [9.17, 15) is 10.2 Å². The standard InChI is InChI=1S/C10H18O2/c1-6-4-5-9(11)8(3)10(12)7(6)2/h4,7-12H,5H2,1-3H3/t7-,8+,9-,10-/m1/s1. The Balaban J connectivity index is 2.80. The molecule has 0 spiro atoms. The molecule has 0 aromatic heterocycles. The molecule has 2 nitrogen and oxygen atoms in total. The lowest BCUT2D eigenvalue weighted by Gasteiger charge is -2.25. The quantitative estimate of drug-likeness (QED) is 0.538. The maximum absolute atomic E-state index is 9.77. The SMILES string of the molecule is CC1=CC[C@@H](O)[C@H](C)[C@H](O)[C@@H]1C. The molecule has 0 heterocycles. The molecule has 0 fully saturated rings. The zero-order valence-electron chi connectivity index (χ0n) is 7.99. The molecular weight excluding hydrogens is 152 g/mol. The Morgan fingerprint density at radius 3 is 2.50 bits per heavy atom. The zero-order chi connectivity index (χ0) is 9.30. The molecular formula is C10H18O2. The number of hydrogen-bond donors (Lipinski definition) is 2. The van der Waals surface area contributed by atoms with Crippen LogP contribution in [0.25, 0.3) is 0 Å². The van der Waals surface area contributed by atoms with Crippen molar-refractivity contribution in [2.75, 3.05) is 0 Å². The van der Waals surface area contributed by atoms with Crippen LogP contribution in [0.15, 0.2) is 11.6 Å². The fraction of sp³-hybridized carbons (Fsp3) is 0.800. The first-order chi connectivity index (χ1) is 5.54. The van der Waals surface area contributed by atoms with Crippen LogP contribution in [0.4, 0.5) is 0 Å². The van der Waals surface area contributed by atoms with E-state index in [0.717, 1.165) is 0 Å². The summed E-state index contributed by atoms with van der Waals surface area (Å²) in [6.07, 6.45) is 1.91. The Bertz CT molecular complexity index is 186. The summed E-state index contributed by atoms with van der Waals surface area (Å²) in [7, 11) is 0. The van der Waals surface area contributed by atoms with Gasteiger partial charge in [-0.05, 0) is 13.3 Å². The number of rotatable bonds is 0. The second-order valence-corrected chi connectivity index (χ2v) is 3.89. The third kappa shape index (κ3) is 1.70. The third-order valence-electron chi connectivity index (χ3n) is 3.06. The summed E-state index contributed by atoms with van der Waals surface area (Å²) in [4.78, 5) is 0. The summed E-state index contributed by atoms with van der Waals surface area (Å²) in [5.74, 6) is 0.158. The molecule has 2 N–H and O–H groups in total. The van der Waals surface area contributed by atoms with E-state index in [0.29, 0.717) is 6.42 Å².